The first-order valence-electron chi connectivity index (χ1n) is 4.48. The third-order valence-electron chi connectivity index (χ3n) is 1.83. The zero-order chi connectivity index (χ0) is 12.8. The summed E-state index contributed by atoms with van der Waals surface area (Å²) in [5.41, 5.74) is -0.0715. The van der Waals surface area contributed by atoms with Gasteiger partial charge in [0.1, 0.15) is 6.07 Å². The van der Waals surface area contributed by atoms with Gasteiger partial charge in [-0.3, -0.25) is 0 Å². The van der Waals surface area contributed by atoms with Crippen molar-refractivity contribution < 1.29 is 18.3 Å². The molecule has 0 spiro atoms. The average Bonchev–Trinajstić information content (AvgIpc) is 2.33. The van der Waals surface area contributed by atoms with Crippen LogP contribution in [0.2, 0.25) is 0 Å². The van der Waals surface area contributed by atoms with E-state index in [2.05, 4.69) is 10.1 Å². The highest BCUT2D eigenvalue weighted by atomic mass is 19.2. The molecule has 0 aliphatic rings. The number of nitrogens with one attached hydrogen (secondary N) is 1. The monoisotopic (exact) mass is 238 g/mol. The fourth-order valence-electron chi connectivity index (χ4n) is 0.988. The molecule has 0 heterocycles. The minimum absolute atomic E-state index is 0.209. The molecule has 1 aromatic carbocycles. The molecular formula is C11H8F2N2O2. The van der Waals surface area contributed by atoms with Crippen LogP contribution in [0.1, 0.15) is 0 Å². The molecule has 17 heavy (non-hydrogen) atoms. The summed E-state index contributed by atoms with van der Waals surface area (Å²) in [4.78, 5) is 11.0. The maximum atomic E-state index is 12.8. The van der Waals surface area contributed by atoms with Crippen molar-refractivity contribution in [1.29, 1.82) is 5.26 Å². The van der Waals surface area contributed by atoms with Crippen molar-refractivity contribution in [2.45, 2.75) is 0 Å². The van der Waals surface area contributed by atoms with Crippen molar-refractivity contribution in [1.82, 2.24) is 0 Å². The van der Waals surface area contributed by atoms with Crippen LogP contribution >= 0.6 is 0 Å². The lowest BCUT2D eigenvalue weighted by Gasteiger charge is -2.02. The van der Waals surface area contributed by atoms with Crippen molar-refractivity contribution in [2.75, 3.05) is 12.4 Å². The van der Waals surface area contributed by atoms with Crippen LogP contribution in [0.15, 0.2) is 30.0 Å². The number of methoxy groups -OCH3 is 1. The lowest BCUT2D eigenvalue weighted by molar-refractivity contribution is -0.135. The summed E-state index contributed by atoms with van der Waals surface area (Å²) in [6.07, 6.45) is 1.05. The largest absolute Gasteiger partial charge is 0.465 e. The van der Waals surface area contributed by atoms with Gasteiger partial charge in [-0.15, -0.1) is 0 Å². The molecule has 0 radical (unpaired) electrons. The van der Waals surface area contributed by atoms with Gasteiger partial charge in [0.2, 0.25) is 0 Å². The summed E-state index contributed by atoms with van der Waals surface area (Å²) in [6, 6.07) is 4.70. The van der Waals surface area contributed by atoms with Gasteiger partial charge in [0.05, 0.1) is 7.11 Å². The van der Waals surface area contributed by atoms with Crippen LogP contribution in [-0.2, 0) is 9.53 Å². The smallest absolute Gasteiger partial charge is 0.350 e. The molecule has 6 heteroatoms. The second-order valence-corrected chi connectivity index (χ2v) is 2.93. The van der Waals surface area contributed by atoms with E-state index < -0.39 is 17.6 Å². The highest BCUT2D eigenvalue weighted by Crippen LogP contribution is 2.13. The van der Waals surface area contributed by atoms with E-state index in [1.165, 1.54) is 6.07 Å². The molecule has 0 atom stereocenters. The number of carbonyl (C=O) groups is 1. The van der Waals surface area contributed by atoms with Gasteiger partial charge in [0, 0.05) is 18.0 Å². The van der Waals surface area contributed by atoms with Crippen LogP contribution < -0.4 is 5.32 Å². The van der Waals surface area contributed by atoms with Gasteiger partial charge in [-0.05, 0) is 12.1 Å². The van der Waals surface area contributed by atoms with Crippen LogP contribution in [0.4, 0.5) is 14.5 Å². The van der Waals surface area contributed by atoms with E-state index in [0.29, 0.717) is 0 Å². The molecule has 88 valence electrons. The van der Waals surface area contributed by atoms with E-state index in [-0.39, 0.29) is 11.3 Å². The summed E-state index contributed by atoms with van der Waals surface area (Å²) < 4.78 is 29.8. The topological polar surface area (TPSA) is 62.1 Å². The van der Waals surface area contributed by atoms with Gasteiger partial charge in [0.25, 0.3) is 0 Å². The first-order valence-corrected chi connectivity index (χ1v) is 4.48. The molecule has 0 unspecified atom stereocenters. The quantitative estimate of drug-likeness (QED) is 0.496. The predicted octanol–water partition coefficient (Wildman–Crippen LogP) is 1.96. The molecule has 4 nitrogen and oxygen atoms in total. The molecule has 0 saturated carbocycles. The zero-order valence-corrected chi connectivity index (χ0v) is 8.83. The molecule has 0 saturated heterocycles. The Kier molecular flexibility index (Phi) is 4.17. The molecule has 0 fully saturated rings. The van der Waals surface area contributed by atoms with Crippen LogP contribution in [0.25, 0.3) is 0 Å². The summed E-state index contributed by atoms with van der Waals surface area (Å²) in [6.45, 7) is 0. The van der Waals surface area contributed by atoms with Crippen molar-refractivity contribution >= 4 is 11.7 Å². The van der Waals surface area contributed by atoms with E-state index >= 15 is 0 Å². The molecule has 0 aliphatic carbocycles. The molecule has 1 N–H and O–H groups in total. The van der Waals surface area contributed by atoms with E-state index in [0.717, 1.165) is 25.4 Å². The highest BCUT2D eigenvalue weighted by Gasteiger charge is 2.08. The van der Waals surface area contributed by atoms with Crippen LogP contribution in [0.3, 0.4) is 0 Å². The number of carbonyl (C=O) groups excluding carboxylic acids is 1. The van der Waals surface area contributed by atoms with Gasteiger partial charge in [-0.25, -0.2) is 13.6 Å². The van der Waals surface area contributed by atoms with E-state index in [1.807, 2.05) is 0 Å². The van der Waals surface area contributed by atoms with Crippen molar-refractivity contribution in [3.8, 4) is 6.07 Å². The van der Waals surface area contributed by atoms with E-state index in [4.69, 9.17) is 5.26 Å². The Balaban J connectivity index is 2.85. The van der Waals surface area contributed by atoms with Crippen molar-refractivity contribution in [2.24, 2.45) is 0 Å². The number of nitriles is 1. The number of benzene rings is 1. The number of hydrogen-bond donors (Lipinski definition) is 1. The first-order chi connectivity index (χ1) is 8.08. The first kappa shape index (κ1) is 12.6. The Morgan fingerprint density at radius 3 is 2.71 bits per heavy atom. The Labute approximate surface area is 96.1 Å². The Hall–Kier alpha value is -2.42. The number of esters is 1. The summed E-state index contributed by atoms with van der Waals surface area (Å²) in [7, 11) is 1.13. The molecule has 0 aliphatic heterocycles. The Morgan fingerprint density at radius 2 is 2.18 bits per heavy atom. The number of halogens is 2. The number of rotatable bonds is 3. The fourth-order valence-corrected chi connectivity index (χ4v) is 0.988. The number of nitrogens with zero attached hydrogens (tertiary/aromatic N) is 1. The molecule has 1 rings (SSSR count). The Morgan fingerprint density at radius 1 is 1.47 bits per heavy atom. The summed E-state index contributed by atoms with van der Waals surface area (Å²) in [5, 5.41) is 11.1. The Bertz CT molecular complexity index is 507. The second-order valence-electron chi connectivity index (χ2n) is 2.93. The highest BCUT2D eigenvalue weighted by molar-refractivity contribution is 5.92. The standard InChI is InChI=1S/C11H8F2N2O2/c1-17-11(16)7(5-14)6-15-8-2-3-9(12)10(13)4-8/h2-4,6,15H,1H3/b7-6+. The molecule has 1 aromatic rings. The van der Waals surface area contributed by atoms with Gasteiger partial charge in [-0.2, -0.15) is 5.26 Å². The third kappa shape index (κ3) is 3.28. The molecular weight excluding hydrogens is 230 g/mol. The lowest BCUT2D eigenvalue weighted by Crippen LogP contribution is -2.05. The maximum absolute atomic E-state index is 12.8. The lowest BCUT2D eigenvalue weighted by atomic mass is 10.3. The molecule has 0 aromatic heterocycles. The minimum Gasteiger partial charge on any atom is -0.465 e. The number of anilines is 1. The van der Waals surface area contributed by atoms with Crippen molar-refractivity contribution in [3.05, 3.63) is 41.6 Å². The van der Waals surface area contributed by atoms with Gasteiger partial charge < -0.3 is 10.1 Å². The minimum atomic E-state index is -1.03. The predicted molar refractivity (Wildman–Crippen MR) is 55.7 cm³/mol. The maximum Gasteiger partial charge on any atom is 0.350 e. The SMILES string of the molecule is COC(=O)/C(C#N)=C/Nc1ccc(F)c(F)c1. The van der Waals surface area contributed by atoms with E-state index in [1.54, 1.807) is 6.07 Å². The summed E-state index contributed by atoms with van der Waals surface area (Å²) in [5.74, 6) is -2.82. The van der Waals surface area contributed by atoms with Crippen molar-refractivity contribution in [3.63, 3.8) is 0 Å². The van der Waals surface area contributed by atoms with Crippen LogP contribution in [0.5, 0.6) is 0 Å². The normalized spacial score (nSPS) is 10.6. The third-order valence-corrected chi connectivity index (χ3v) is 1.83. The number of ether oxygens (including phenoxy) is 1. The molecule has 0 bridgehead atoms. The van der Waals surface area contributed by atoms with Crippen LogP contribution in [-0.4, -0.2) is 13.1 Å². The van der Waals surface area contributed by atoms with Gasteiger partial charge in [-0.1, -0.05) is 0 Å². The average molecular weight is 238 g/mol. The second kappa shape index (κ2) is 5.61. The zero-order valence-electron chi connectivity index (χ0n) is 8.83. The molecule has 0 amide bonds. The van der Waals surface area contributed by atoms with Gasteiger partial charge in [0.15, 0.2) is 17.2 Å². The fraction of sp³-hybridized carbons (Fsp3) is 0.0909. The van der Waals surface area contributed by atoms with Gasteiger partial charge >= 0.3 is 5.97 Å². The van der Waals surface area contributed by atoms with Crippen LogP contribution in [0, 0.1) is 23.0 Å². The number of hydrogen-bond acceptors (Lipinski definition) is 4. The van der Waals surface area contributed by atoms with E-state index in [9.17, 15) is 13.6 Å². The summed E-state index contributed by atoms with van der Waals surface area (Å²) >= 11 is 0.